The van der Waals surface area contributed by atoms with Crippen molar-refractivity contribution in [1.82, 2.24) is 0 Å². The smallest absolute Gasteiger partial charge is 0.241 e. The predicted molar refractivity (Wildman–Crippen MR) is 99.6 cm³/mol. The van der Waals surface area contributed by atoms with Crippen LogP contribution in [-0.2, 0) is 17.6 Å². The van der Waals surface area contributed by atoms with Crippen molar-refractivity contribution in [3.05, 3.63) is 59.7 Å². The van der Waals surface area contributed by atoms with Gasteiger partial charge < -0.3 is 0 Å². The molecule has 0 spiro atoms. The van der Waals surface area contributed by atoms with E-state index in [2.05, 4.69) is 50.2 Å². The van der Waals surface area contributed by atoms with Gasteiger partial charge in [-0.3, -0.25) is 9.69 Å². The molecule has 2 nitrogen and oxygen atoms in total. The first-order valence-corrected chi connectivity index (χ1v) is 9.39. The van der Waals surface area contributed by atoms with Gasteiger partial charge in [-0.15, -0.1) is 0 Å². The highest BCUT2D eigenvalue weighted by Gasteiger charge is 2.25. The molecule has 1 amide bonds. The Morgan fingerprint density at radius 1 is 1.00 bits per heavy atom. The fourth-order valence-electron chi connectivity index (χ4n) is 3.00. The molecule has 1 heterocycles. The van der Waals surface area contributed by atoms with E-state index in [4.69, 9.17) is 0 Å². The van der Waals surface area contributed by atoms with Crippen molar-refractivity contribution in [3.8, 4) is 0 Å². The molecule has 3 heteroatoms. The summed E-state index contributed by atoms with van der Waals surface area (Å²) in [6.45, 7) is 4.38. The predicted octanol–water partition coefficient (Wildman–Crippen LogP) is 4.84. The first-order valence-electron chi connectivity index (χ1n) is 8.23. The number of benzene rings is 2. The molecule has 1 aliphatic heterocycles. The molecule has 2 aromatic carbocycles. The minimum Gasteiger partial charge on any atom is -0.280 e. The van der Waals surface area contributed by atoms with E-state index in [1.165, 1.54) is 11.1 Å². The van der Waals surface area contributed by atoms with Crippen LogP contribution >= 0.6 is 11.8 Å². The summed E-state index contributed by atoms with van der Waals surface area (Å²) in [5.41, 5.74) is 4.61. The molecule has 0 fully saturated rings. The number of aryl methyl sites for hydroxylation is 2. The molecule has 0 radical (unpaired) electrons. The molecule has 0 bridgehead atoms. The Kier molecular flexibility index (Phi) is 5.06. The van der Waals surface area contributed by atoms with Gasteiger partial charge in [0.15, 0.2) is 0 Å². The summed E-state index contributed by atoms with van der Waals surface area (Å²) < 4.78 is 0. The van der Waals surface area contributed by atoms with Gasteiger partial charge in [-0.25, -0.2) is 0 Å². The summed E-state index contributed by atoms with van der Waals surface area (Å²) in [6, 6.07) is 16.6. The van der Waals surface area contributed by atoms with Crippen LogP contribution in [0.15, 0.2) is 48.5 Å². The van der Waals surface area contributed by atoms with Gasteiger partial charge in [-0.2, -0.15) is 11.8 Å². The normalized spacial score (nSPS) is 13.4. The third-order valence-electron chi connectivity index (χ3n) is 4.05. The minimum atomic E-state index is 0.178. The molecule has 3 rings (SSSR count). The summed E-state index contributed by atoms with van der Waals surface area (Å²) in [4.78, 5) is 14.9. The highest BCUT2D eigenvalue weighted by molar-refractivity contribution is 7.99. The highest BCUT2D eigenvalue weighted by Crippen LogP contribution is 2.36. The van der Waals surface area contributed by atoms with Crippen LogP contribution in [-0.4, -0.2) is 17.4 Å². The lowest BCUT2D eigenvalue weighted by Gasteiger charge is -2.25. The Balaban J connectivity index is 1.95. The Morgan fingerprint density at radius 3 is 2.04 bits per heavy atom. The standard InChI is InChI=1S/C20H23NOS/c1-15(2)13-23-14-20(22)21-18-9-5-3-7-16(18)11-12-17-8-4-6-10-19(17)21/h3-10,15H,11-14H2,1-2H3. The van der Waals surface area contributed by atoms with Gasteiger partial charge in [0.05, 0.1) is 17.1 Å². The number of para-hydroxylation sites is 2. The monoisotopic (exact) mass is 325 g/mol. The van der Waals surface area contributed by atoms with Crippen molar-refractivity contribution >= 4 is 29.0 Å². The zero-order valence-electron chi connectivity index (χ0n) is 13.8. The van der Waals surface area contributed by atoms with Crippen molar-refractivity contribution in [3.63, 3.8) is 0 Å². The quantitative estimate of drug-likeness (QED) is 0.802. The lowest BCUT2D eigenvalue weighted by molar-refractivity contribution is -0.115. The average Bonchev–Trinajstić information content (AvgIpc) is 2.71. The van der Waals surface area contributed by atoms with Crippen LogP contribution in [0.4, 0.5) is 11.4 Å². The van der Waals surface area contributed by atoms with E-state index in [0.717, 1.165) is 30.0 Å². The van der Waals surface area contributed by atoms with E-state index in [-0.39, 0.29) is 5.91 Å². The maximum absolute atomic E-state index is 13.0. The van der Waals surface area contributed by atoms with E-state index in [0.29, 0.717) is 11.7 Å². The molecule has 2 aromatic rings. The molecule has 0 N–H and O–H groups in total. The third kappa shape index (κ3) is 3.61. The number of amides is 1. The Labute approximate surface area is 142 Å². The fraction of sp³-hybridized carbons (Fsp3) is 0.350. The number of fused-ring (bicyclic) bond motifs is 2. The average molecular weight is 325 g/mol. The molecular formula is C20H23NOS. The van der Waals surface area contributed by atoms with Crippen molar-refractivity contribution in [1.29, 1.82) is 0 Å². The summed E-state index contributed by atoms with van der Waals surface area (Å²) >= 11 is 1.73. The Morgan fingerprint density at radius 2 is 1.52 bits per heavy atom. The zero-order valence-corrected chi connectivity index (χ0v) is 14.6. The molecule has 1 aliphatic rings. The van der Waals surface area contributed by atoms with Crippen LogP contribution < -0.4 is 4.90 Å². The number of hydrogen-bond acceptors (Lipinski definition) is 2. The summed E-state index contributed by atoms with van der Waals surface area (Å²) in [5, 5.41) is 0. The first-order chi connectivity index (χ1) is 11.2. The van der Waals surface area contributed by atoms with Gasteiger partial charge in [0.25, 0.3) is 0 Å². The third-order valence-corrected chi connectivity index (χ3v) is 5.41. The molecule has 0 saturated heterocycles. The molecule has 120 valence electrons. The molecule has 0 saturated carbocycles. The van der Waals surface area contributed by atoms with E-state index in [9.17, 15) is 4.79 Å². The van der Waals surface area contributed by atoms with Gasteiger partial charge >= 0.3 is 0 Å². The van der Waals surface area contributed by atoms with Crippen molar-refractivity contribution < 1.29 is 4.79 Å². The van der Waals surface area contributed by atoms with Gasteiger partial charge in [0.2, 0.25) is 5.91 Å². The van der Waals surface area contributed by atoms with Crippen LogP contribution in [0.1, 0.15) is 25.0 Å². The lowest BCUT2D eigenvalue weighted by atomic mass is 10.0. The summed E-state index contributed by atoms with van der Waals surface area (Å²) in [5.74, 6) is 2.33. The minimum absolute atomic E-state index is 0.178. The first kappa shape index (κ1) is 16.1. The Hall–Kier alpha value is -1.74. The van der Waals surface area contributed by atoms with E-state index in [1.807, 2.05) is 17.0 Å². The zero-order chi connectivity index (χ0) is 16.2. The van der Waals surface area contributed by atoms with E-state index >= 15 is 0 Å². The summed E-state index contributed by atoms with van der Waals surface area (Å²) in [7, 11) is 0. The maximum Gasteiger partial charge on any atom is 0.241 e. The number of anilines is 2. The second-order valence-corrected chi connectivity index (χ2v) is 7.43. The van der Waals surface area contributed by atoms with Gasteiger partial charge in [-0.1, -0.05) is 50.2 Å². The second kappa shape index (κ2) is 7.22. The molecule has 0 aliphatic carbocycles. The van der Waals surface area contributed by atoms with Crippen molar-refractivity contribution in [2.75, 3.05) is 16.4 Å². The fourth-order valence-corrected chi connectivity index (χ4v) is 3.89. The largest absolute Gasteiger partial charge is 0.280 e. The van der Waals surface area contributed by atoms with Crippen LogP contribution in [0.5, 0.6) is 0 Å². The van der Waals surface area contributed by atoms with E-state index in [1.54, 1.807) is 11.8 Å². The molecular weight excluding hydrogens is 302 g/mol. The van der Waals surface area contributed by atoms with Crippen LogP contribution in [0.3, 0.4) is 0 Å². The van der Waals surface area contributed by atoms with Crippen LogP contribution in [0, 0.1) is 5.92 Å². The van der Waals surface area contributed by atoms with Gasteiger partial charge in [-0.05, 0) is 47.8 Å². The van der Waals surface area contributed by atoms with Crippen molar-refractivity contribution in [2.45, 2.75) is 26.7 Å². The number of carbonyl (C=O) groups is 1. The molecule has 0 aromatic heterocycles. The highest BCUT2D eigenvalue weighted by atomic mass is 32.2. The lowest BCUT2D eigenvalue weighted by Crippen LogP contribution is -2.28. The molecule has 0 unspecified atom stereocenters. The number of thioether (sulfide) groups is 1. The van der Waals surface area contributed by atoms with Crippen LogP contribution in [0.2, 0.25) is 0 Å². The van der Waals surface area contributed by atoms with E-state index < -0.39 is 0 Å². The number of nitrogens with zero attached hydrogens (tertiary/aromatic N) is 1. The van der Waals surface area contributed by atoms with Gasteiger partial charge in [0, 0.05) is 0 Å². The maximum atomic E-state index is 13.0. The topological polar surface area (TPSA) is 20.3 Å². The number of carbonyl (C=O) groups excluding carboxylic acids is 1. The molecule has 23 heavy (non-hydrogen) atoms. The number of hydrogen-bond donors (Lipinski definition) is 0. The van der Waals surface area contributed by atoms with Crippen molar-refractivity contribution in [2.24, 2.45) is 5.92 Å². The second-order valence-electron chi connectivity index (χ2n) is 6.40. The number of rotatable bonds is 4. The van der Waals surface area contributed by atoms with Gasteiger partial charge in [0.1, 0.15) is 0 Å². The Bertz CT molecular complexity index is 648. The molecule has 0 atom stereocenters. The van der Waals surface area contributed by atoms with Crippen LogP contribution in [0.25, 0.3) is 0 Å². The summed E-state index contributed by atoms with van der Waals surface area (Å²) in [6.07, 6.45) is 1.96. The SMILES string of the molecule is CC(C)CSCC(=O)N1c2ccccc2CCc2ccccc21.